The number of hydrogen-bond donors (Lipinski definition) is 2. The lowest BCUT2D eigenvalue weighted by atomic mass is 10.2. The molecular weight excluding hydrogens is 423 g/mol. The molecule has 0 atom stereocenters. The van der Waals surface area contributed by atoms with Gasteiger partial charge >= 0.3 is 12.1 Å². The molecule has 0 saturated carbocycles. The number of benzene rings is 2. The van der Waals surface area contributed by atoms with Gasteiger partial charge in [-0.1, -0.05) is 12.1 Å². The van der Waals surface area contributed by atoms with Gasteiger partial charge in [0.15, 0.2) is 6.61 Å². The molecule has 2 aromatic rings. The fourth-order valence-corrected chi connectivity index (χ4v) is 2.32. The molecule has 2 rings (SSSR count). The van der Waals surface area contributed by atoms with Gasteiger partial charge in [0.25, 0.3) is 11.6 Å². The van der Waals surface area contributed by atoms with Crippen molar-refractivity contribution in [3.05, 3.63) is 64.2 Å². The van der Waals surface area contributed by atoms with Crippen molar-refractivity contribution in [3.63, 3.8) is 0 Å². The lowest BCUT2D eigenvalue weighted by molar-refractivity contribution is -0.384. The first kappa shape index (κ1) is 23.3. The summed E-state index contributed by atoms with van der Waals surface area (Å²) in [5, 5.41) is 15.3. The van der Waals surface area contributed by atoms with Crippen molar-refractivity contribution >= 4 is 34.8 Å². The summed E-state index contributed by atoms with van der Waals surface area (Å²) in [7, 11) is 0. The van der Waals surface area contributed by atoms with E-state index in [1.165, 1.54) is 24.3 Å². The number of nitro benzene ring substituents is 1. The largest absolute Gasteiger partial charge is 0.456 e. The molecule has 0 bridgehead atoms. The van der Waals surface area contributed by atoms with Gasteiger partial charge in [0, 0.05) is 29.9 Å². The summed E-state index contributed by atoms with van der Waals surface area (Å²) < 4.78 is 42.7. The number of non-ortho nitro benzene ring substituents is 1. The van der Waals surface area contributed by atoms with Crippen LogP contribution < -0.4 is 10.6 Å². The first-order chi connectivity index (χ1) is 14.5. The van der Waals surface area contributed by atoms with Crippen LogP contribution in [0.4, 0.5) is 30.2 Å². The van der Waals surface area contributed by atoms with Gasteiger partial charge in [-0.05, 0) is 24.3 Å². The SMILES string of the molecule is O=C(CCC(=O)OCC(=O)Nc1cccc(C(F)(F)F)c1)Nc1cccc([N+](=O)[O-])c1. The number of rotatable bonds is 8. The molecule has 12 heteroatoms. The minimum absolute atomic E-state index is 0.118. The van der Waals surface area contributed by atoms with Crippen molar-refractivity contribution in [2.45, 2.75) is 19.0 Å². The Hall–Kier alpha value is -3.96. The predicted octanol–water partition coefficient (Wildman–Crippen LogP) is 3.51. The summed E-state index contributed by atoms with van der Waals surface area (Å²) in [4.78, 5) is 45.3. The molecular formula is C19H16F3N3O6. The zero-order chi connectivity index (χ0) is 23.0. The summed E-state index contributed by atoms with van der Waals surface area (Å²) in [6.07, 6.45) is -5.26. The monoisotopic (exact) mass is 439 g/mol. The topological polar surface area (TPSA) is 128 Å². The van der Waals surface area contributed by atoms with Crippen LogP contribution in [0.2, 0.25) is 0 Å². The van der Waals surface area contributed by atoms with Crippen LogP contribution in [0.15, 0.2) is 48.5 Å². The van der Waals surface area contributed by atoms with E-state index in [1.807, 2.05) is 0 Å². The third-order valence-corrected chi connectivity index (χ3v) is 3.73. The number of nitrogens with zero attached hydrogens (tertiary/aromatic N) is 1. The summed E-state index contributed by atoms with van der Waals surface area (Å²) in [6, 6.07) is 9.14. The standard InChI is InChI=1S/C19H16F3N3O6/c20-19(21,22)12-3-1-4-13(9-12)24-17(27)11-31-18(28)8-7-16(26)23-14-5-2-6-15(10-14)25(29)30/h1-6,9-10H,7-8,11H2,(H,23,26)(H,24,27). The van der Waals surface area contributed by atoms with Gasteiger partial charge < -0.3 is 15.4 Å². The van der Waals surface area contributed by atoms with E-state index < -0.39 is 41.1 Å². The highest BCUT2D eigenvalue weighted by atomic mass is 19.4. The molecule has 0 fully saturated rings. The second kappa shape index (κ2) is 10.2. The zero-order valence-electron chi connectivity index (χ0n) is 15.8. The van der Waals surface area contributed by atoms with E-state index in [0.29, 0.717) is 0 Å². The van der Waals surface area contributed by atoms with Gasteiger partial charge in [0.2, 0.25) is 5.91 Å². The van der Waals surface area contributed by atoms with Crippen molar-refractivity contribution in [1.82, 2.24) is 0 Å². The molecule has 0 unspecified atom stereocenters. The third-order valence-electron chi connectivity index (χ3n) is 3.73. The molecule has 164 valence electrons. The molecule has 0 saturated heterocycles. The number of nitrogens with one attached hydrogen (secondary N) is 2. The second-order valence-corrected chi connectivity index (χ2v) is 6.14. The Morgan fingerprint density at radius 2 is 1.55 bits per heavy atom. The maximum atomic E-state index is 12.7. The van der Waals surface area contributed by atoms with Crippen LogP contribution >= 0.6 is 0 Å². The Kier molecular flexibility index (Phi) is 7.66. The molecule has 0 spiro atoms. The van der Waals surface area contributed by atoms with Crippen LogP contribution in [0.1, 0.15) is 18.4 Å². The lowest BCUT2D eigenvalue weighted by Gasteiger charge is -2.10. The average Bonchev–Trinajstić information content (AvgIpc) is 2.70. The van der Waals surface area contributed by atoms with Crippen LogP contribution in [-0.2, 0) is 25.3 Å². The van der Waals surface area contributed by atoms with Crippen molar-refractivity contribution in [2.75, 3.05) is 17.2 Å². The van der Waals surface area contributed by atoms with Gasteiger partial charge in [-0.25, -0.2) is 0 Å². The van der Waals surface area contributed by atoms with E-state index in [0.717, 1.165) is 24.3 Å². The fourth-order valence-electron chi connectivity index (χ4n) is 2.32. The smallest absolute Gasteiger partial charge is 0.416 e. The number of halogens is 3. The van der Waals surface area contributed by atoms with Crippen LogP contribution in [0.25, 0.3) is 0 Å². The first-order valence-electron chi connectivity index (χ1n) is 8.71. The Morgan fingerprint density at radius 1 is 0.935 bits per heavy atom. The van der Waals surface area contributed by atoms with Gasteiger partial charge in [-0.3, -0.25) is 24.5 Å². The number of carbonyl (C=O) groups is 3. The highest BCUT2D eigenvalue weighted by molar-refractivity contribution is 5.94. The third kappa shape index (κ3) is 7.76. The summed E-state index contributed by atoms with van der Waals surface area (Å²) >= 11 is 0. The van der Waals surface area contributed by atoms with Gasteiger partial charge in [0.05, 0.1) is 16.9 Å². The summed E-state index contributed by atoms with van der Waals surface area (Å²) in [5.74, 6) is -2.34. The molecule has 2 N–H and O–H groups in total. The molecule has 0 heterocycles. The number of carbonyl (C=O) groups excluding carboxylic acids is 3. The Labute approximate surface area is 173 Å². The fraction of sp³-hybridized carbons (Fsp3) is 0.211. The highest BCUT2D eigenvalue weighted by Gasteiger charge is 2.30. The molecule has 31 heavy (non-hydrogen) atoms. The molecule has 0 aliphatic heterocycles. The Morgan fingerprint density at radius 3 is 2.19 bits per heavy atom. The van der Waals surface area contributed by atoms with Crippen LogP contribution in [0, 0.1) is 10.1 Å². The van der Waals surface area contributed by atoms with Gasteiger partial charge in [-0.15, -0.1) is 0 Å². The van der Waals surface area contributed by atoms with Crippen molar-refractivity contribution in [2.24, 2.45) is 0 Å². The quantitative estimate of drug-likeness (QED) is 0.368. The number of hydrogen-bond acceptors (Lipinski definition) is 6. The summed E-state index contributed by atoms with van der Waals surface area (Å²) in [5.41, 5.74) is -1.11. The molecule has 9 nitrogen and oxygen atoms in total. The minimum atomic E-state index is -4.57. The average molecular weight is 439 g/mol. The van der Waals surface area contributed by atoms with Crippen molar-refractivity contribution < 1.29 is 37.2 Å². The first-order valence-corrected chi connectivity index (χ1v) is 8.71. The minimum Gasteiger partial charge on any atom is -0.456 e. The highest BCUT2D eigenvalue weighted by Crippen LogP contribution is 2.30. The van der Waals surface area contributed by atoms with Crippen molar-refractivity contribution in [1.29, 1.82) is 0 Å². The van der Waals surface area contributed by atoms with Crippen LogP contribution in [0.5, 0.6) is 0 Å². The maximum absolute atomic E-state index is 12.7. The number of alkyl halides is 3. The molecule has 0 aliphatic carbocycles. The van der Waals surface area contributed by atoms with Crippen LogP contribution in [-0.4, -0.2) is 29.3 Å². The van der Waals surface area contributed by atoms with E-state index in [2.05, 4.69) is 15.4 Å². The Bertz CT molecular complexity index is 994. The number of nitro groups is 1. The van der Waals surface area contributed by atoms with E-state index in [4.69, 9.17) is 0 Å². The van der Waals surface area contributed by atoms with Crippen molar-refractivity contribution in [3.8, 4) is 0 Å². The molecule has 0 aromatic heterocycles. The molecule has 2 aromatic carbocycles. The molecule has 2 amide bonds. The van der Waals surface area contributed by atoms with Gasteiger partial charge in [0.1, 0.15) is 0 Å². The predicted molar refractivity (Wildman–Crippen MR) is 102 cm³/mol. The Balaban J connectivity index is 1.75. The number of anilines is 2. The number of amides is 2. The van der Waals surface area contributed by atoms with E-state index in [-0.39, 0.29) is 29.9 Å². The van der Waals surface area contributed by atoms with E-state index in [9.17, 15) is 37.7 Å². The number of esters is 1. The van der Waals surface area contributed by atoms with E-state index >= 15 is 0 Å². The number of ether oxygens (including phenoxy) is 1. The molecule has 0 radical (unpaired) electrons. The second-order valence-electron chi connectivity index (χ2n) is 6.14. The van der Waals surface area contributed by atoms with Crippen LogP contribution in [0.3, 0.4) is 0 Å². The summed E-state index contributed by atoms with van der Waals surface area (Å²) in [6.45, 7) is -0.748. The zero-order valence-corrected chi connectivity index (χ0v) is 15.8. The normalized spacial score (nSPS) is 10.8. The molecule has 0 aliphatic rings. The van der Waals surface area contributed by atoms with E-state index in [1.54, 1.807) is 0 Å². The lowest BCUT2D eigenvalue weighted by Crippen LogP contribution is -2.22. The van der Waals surface area contributed by atoms with Gasteiger partial charge in [-0.2, -0.15) is 13.2 Å². The maximum Gasteiger partial charge on any atom is 0.416 e.